The number of carbonyl (C=O) groups excluding carboxylic acids is 2. The second kappa shape index (κ2) is 8.30. The molecule has 11 heteroatoms. The lowest BCUT2D eigenvalue weighted by Crippen LogP contribution is -2.32. The number of esters is 1. The van der Waals surface area contributed by atoms with Crippen LogP contribution in [0.4, 0.5) is 5.69 Å². The quantitative estimate of drug-likeness (QED) is 0.671. The first kappa shape index (κ1) is 19.9. The zero-order valence-corrected chi connectivity index (χ0v) is 15.5. The van der Waals surface area contributed by atoms with Crippen molar-refractivity contribution in [2.45, 2.75) is 18.7 Å². The molecular formula is C15H16ClN3O6S. The van der Waals surface area contributed by atoms with Crippen molar-refractivity contribution in [1.29, 1.82) is 0 Å². The molecule has 0 atom stereocenters. The van der Waals surface area contributed by atoms with Gasteiger partial charge in [-0.3, -0.25) is 9.59 Å². The molecule has 2 aromatic rings. The molecule has 2 N–H and O–H groups in total. The van der Waals surface area contributed by atoms with E-state index in [-0.39, 0.29) is 16.3 Å². The van der Waals surface area contributed by atoms with E-state index in [1.165, 1.54) is 19.9 Å². The average molecular weight is 402 g/mol. The molecule has 1 heterocycles. The summed E-state index contributed by atoms with van der Waals surface area (Å²) in [6.45, 7) is 1.69. The van der Waals surface area contributed by atoms with Gasteiger partial charge in [-0.1, -0.05) is 22.8 Å². The van der Waals surface area contributed by atoms with Gasteiger partial charge in [0.1, 0.15) is 17.1 Å². The summed E-state index contributed by atoms with van der Waals surface area (Å²) in [6.07, 6.45) is 0. The number of hydrogen-bond acceptors (Lipinski definition) is 7. The van der Waals surface area contributed by atoms with Crippen molar-refractivity contribution < 1.29 is 27.3 Å². The molecule has 0 unspecified atom stereocenters. The van der Waals surface area contributed by atoms with Crippen LogP contribution in [-0.2, 0) is 24.3 Å². The molecule has 1 amide bonds. The predicted octanol–water partition coefficient (Wildman–Crippen LogP) is 1.41. The Kier molecular flexibility index (Phi) is 6.35. The number of nitrogens with zero attached hydrogens (tertiary/aromatic N) is 1. The third-order valence-electron chi connectivity index (χ3n) is 3.12. The number of rotatable bonds is 7. The van der Waals surface area contributed by atoms with E-state index >= 15 is 0 Å². The maximum absolute atomic E-state index is 12.1. The van der Waals surface area contributed by atoms with E-state index in [1.54, 1.807) is 18.2 Å². The summed E-state index contributed by atoms with van der Waals surface area (Å²) >= 11 is 5.79. The minimum absolute atomic E-state index is 0.101. The van der Waals surface area contributed by atoms with Crippen LogP contribution >= 0.6 is 11.6 Å². The van der Waals surface area contributed by atoms with E-state index in [9.17, 15) is 18.0 Å². The molecule has 0 aliphatic carbocycles. The molecule has 0 spiro atoms. The van der Waals surface area contributed by atoms with E-state index in [4.69, 9.17) is 20.9 Å². The number of amides is 1. The molecule has 0 bridgehead atoms. The highest BCUT2D eigenvalue weighted by Gasteiger charge is 2.25. The first-order valence-electron chi connectivity index (χ1n) is 7.32. The van der Waals surface area contributed by atoms with Gasteiger partial charge >= 0.3 is 5.97 Å². The molecule has 2 rings (SSSR count). The van der Waals surface area contributed by atoms with Crippen LogP contribution in [0.5, 0.6) is 0 Å². The summed E-state index contributed by atoms with van der Waals surface area (Å²) in [6, 6.07) is 6.43. The van der Waals surface area contributed by atoms with Gasteiger partial charge in [-0.25, -0.2) is 8.42 Å². The van der Waals surface area contributed by atoms with Gasteiger partial charge in [0.15, 0.2) is 12.4 Å². The number of sulfonamides is 1. The van der Waals surface area contributed by atoms with Crippen molar-refractivity contribution in [3.63, 3.8) is 0 Å². The molecule has 0 aliphatic heterocycles. The van der Waals surface area contributed by atoms with Crippen LogP contribution < -0.4 is 10.0 Å². The Hall–Kier alpha value is -2.43. The molecule has 0 saturated heterocycles. The Bertz CT molecular complexity index is 906. The number of nitrogens with one attached hydrogen (secondary N) is 2. The van der Waals surface area contributed by atoms with Gasteiger partial charge in [0.05, 0.1) is 0 Å². The zero-order chi connectivity index (χ0) is 19.3. The molecule has 26 heavy (non-hydrogen) atoms. The second-order valence-corrected chi connectivity index (χ2v) is 7.34. The Morgan fingerprint density at radius 3 is 2.65 bits per heavy atom. The van der Waals surface area contributed by atoms with Crippen molar-refractivity contribution in [1.82, 2.24) is 9.88 Å². The van der Waals surface area contributed by atoms with Crippen LogP contribution in [0.25, 0.3) is 0 Å². The van der Waals surface area contributed by atoms with Crippen molar-refractivity contribution in [3.8, 4) is 0 Å². The minimum Gasteiger partial charge on any atom is -0.455 e. The minimum atomic E-state index is -3.99. The van der Waals surface area contributed by atoms with E-state index in [0.717, 1.165) is 0 Å². The van der Waals surface area contributed by atoms with Crippen molar-refractivity contribution in [2.24, 2.45) is 0 Å². The van der Waals surface area contributed by atoms with E-state index in [0.29, 0.717) is 10.7 Å². The molecule has 1 aromatic carbocycles. The molecule has 0 radical (unpaired) electrons. The Morgan fingerprint density at radius 2 is 2.04 bits per heavy atom. The van der Waals surface area contributed by atoms with Crippen LogP contribution in [-0.4, -0.2) is 38.6 Å². The molecule has 1 aromatic heterocycles. The Labute approximate surface area is 154 Å². The van der Waals surface area contributed by atoms with Crippen molar-refractivity contribution >= 4 is 39.2 Å². The summed E-state index contributed by atoms with van der Waals surface area (Å²) in [7, 11) is -3.99. The summed E-state index contributed by atoms with van der Waals surface area (Å²) in [5.41, 5.74) is 0.613. The van der Waals surface area contributed by atoms with Crippen LogP contribution in [0.15, 0.2) is 33.7 Å². The number of halogens is 1. The van der Waals surface area contributed by atoms with Crippen LogP contribution in [0, 0.1) is 13.8 Å². The SMILES string of the molecule is Cc1noc(C)c1S(=O)(=O)NCC(=O)OCC(=O)Nc1cccc(Cl)c1. The lowest BCUT2D eigenvalue weighted by Gasteiger charge is -2.08. The molecule has 140 valence electrons. The highest BCUT2D eigenvalue weighted by Crippen LogP contribution is 2.18. The molecule has 9 nitrogen and oxygen atoms in total. The van der Waals surface area contributed by atoms with E-state index in [2.05, 4.69) is 15.2 Å². The maximum atomic E-state index is 12.1. The summed E-state index contributed by atoms with van der Waals surface area (Å²) in [5.74, 6) is -1.40. The lowest BCUT2D eigenvalue weighted by molar-refractivity contribution is -0.146. The first-order chi connectivity index (χ1) is 12.2. The Morgan fingerprint density at radius 1 is 1.31 bits per heavy atom. The van der Waals surface area contributed by atoms with Gasteiger partial charge in [0.25, 0.3) is 5.91 Å². The fourth-order valence-electron chi connectivity index (χ4n) is 2.04. The Balaban J connectivity index is 1.83. The van der Waals surface area contributed by atoms with Gasteiger partial charge < -0.3 is 14.6 Å². The first-order valence-corrected chi connectivity index (χ1v) is 9.19. The third kappa shape index (κ3) is 5.28. The number of anilines is 1. The number of benzene rings is 1. The van der Waals surface area contributed by atoms with Crippen LogP contribution in [0.3, 0.4) is 0 Å². The smallest absolute Gasteiger partial charge is 0.321 e. The van der Waals surface area contributed by atoms with Crippen molar-refractivity contribution in [3.05, 3.63) is 40.7 Å². The van der Waals surface area contributed by atoms with Crippen LogP contribution in [0.2, 0.25) is 5.02 Å². The predicted molar refractivity (Wildman–Crippen MR) is 92.2 cm³/mol. The van der Waals surface area contributed by atoms with Crippen molar-refractivity contribution in [2.75, 3.05) is 18.5 Å². The maximum Gasteiger partial charge on any atom is 0.321 e. The number of aryl methyl sites for hydroxylation is 2. The highest BCUT2D eigenvalue weighted by molar-refractivity contribution is 7.89. The van der Waals surface area contributed by atoms with Gasteiger partial charge in [-0.05, 0) is 32.0 Å². The topological polar surface area (TPSA) is 128 Å². The zero-order valence-electron chi connectivity index (χ0n) is 13.9. The van der Waals surface area contributed by atoms with Gasteiger partial charge in [0, 0.05) is 10.7 Å². The normalized spacial score (nSPS) is 11.2. The van der Waals surface area contributed by atoms with Crippen LogP contribution in [0.1, 0.15) is 11.5 Å². The largest absolute Gasteiger partial charge is 0.455 e. The van der Waals surface area contributed by atoms with Gasteiger partial charge in [-0.15, -0.1) is 0 Å². The summed E-state index contributed by atoms with van der Waals surface area (Å²) in [4.78, 5) is 23.2. The molecular weight excluding hydrogens is 386 g/mol. The standard InChI is InChI=1S/C15H16ClN3O6S/c1-9-15(10(2)25-19-9)26(22,23)17-7-14(21)24-8-13(20)18-12-5-3-4-11(16)6-12/h3-6,17H,7-8H2,1-2H3,(H,18,20). The number of hydrogen-bond donors (Lipinski definition) is 2. The van der Waals surface area contributed by atoms with E-state index in [1.807, 2.05) is 0 Å². The highest BCUT2D eigenvalue weighted by atomic mass is 35.5. The van der Waals surface area contributed by atoms with Gasteiger partial charge in [0.2, 0.25) is 10.0 Å². The van der Waals surface area contributed by atoms with E-state index < -0.39 is 35.1 Å². The fourth-order valence-corrected chi connectivity index (χ4v) is 3.53. The fraction of sp³-hybridized carbons (Fsp3) is 0.267. The number of carbonyl (C=O) groups is 2. The lowest BCUT2D eigenvalue weighted by atomic mass is 10.3. The second-order valence-electron chi connectivity index (χ2n) is 5.20. The number of aromatic nitrogens is 1. The number of ether oxygens (including phenoxy) is 1. The average Bonchev–Trinajstić information content (AvgIpc) is 2.90. The summed E-state index contributed by atoms with van der Waals surface area (Å²) in [5, 5.41) is 6.47. The molecule has 0 aliphatic rings. The van der Waals surface area contributed by atoms with Gasteiger partial charge in [-0.2, -0.15) is 4.72 Å². The monoisotopic (exact) mass is 401 g/mol. The molecule has 0 saturated carbocycles. The summed E-state index contributed by atoms with van der Waals surface area (Å²) < 4.78 is 35.9. The molecule has 0 fully saturated rings. The third-order valence-corrected chi connectivity index (χ3v) is 5.00.